The molecule has 3 aromatic rings. The summed E-state index contributed by atoms with van der Waals surface area (Å²) in [5.74, 6) is 1.36. The highest BCUT2D eigenvalue weighted by molar-refractivity contribution is 7.10. The Labute approximate surface area is 126 Å². The standard InChI is InChI=1S/C16H16FNO2S/c1-3-18-16(15-8-12(19-2)9-21-15)14-7-10-6-11(17)4-5-13(10)20-14/h4-9,16,18H,3H2,1-2H3. The van der Waals surface area contributed by atoms with E-state index in [2.05, 4.69) is 5.32 Å². The van der Waals surface area contributed by atoms with Crippen LogP contribution in [0.2, 0.25) is 0 Å². The van der Waals surface area contributed by atoms with Gasteiger partial charge in [0.05, 0.1) is 7.11 Å². The smallest absolute Gasteiger partial charge is 0.134 e. The molecule has 5 heteroatoms. The Morgan fingerprint density at radius 2 is 2.19 bits per heavy atom. The Bertz CT molecular complexity index is 750. The van der Waals surface area contributed by atoms with Gasteiger partial charge >= 0.3 is 0 Å². The molecule has 0 fully saturated rings. The van der Waals surface area contributed by atoms with Crippen LogP contribution in [0.3, 0.4) is 0 Å². The number of thiophene rings is 1. The highest BCUT2D eigenvalue weighted by atomic mass is 32.1. The van der Waals surface area contributed by atoms with E-state index in [9.17, 15) is 4.39 Å². The van der Waals surface area contributed by atoms with Crippen LogP contribution in [0.1, 0.15) is 23.6 Å². The molecule has 3 rings (SSSR count). The topological polar surface area (TPSA) is 34.4 Å². The average Bonchev–Trinajstić information content (AvgIpc) is 3.10. The molecule has 0 spiro atoms. The first-order valence-corrected chi connectivity index (χ1v) is 7.64. The number of ether oxygens (including phenoxy) is 1. The third-order valence-corrected chi connectivity index (χ3v) is 4.28. The fourth-order valence-corrected chi connectivity index (χ4v) is 3.25. The maximum Gasteiger partial charge on any atom is 0.134 e. The zero-order valence-corrected chi connectivity index (χ0v) is 12.7. The predicted octanol–water partition coefficient (Wildman–Crippen LogP) is 4.34. The molecule has 1 N–H and O–H groups in total. The lowest BCUT2D eigenvalue weighted by Gasteiger charge is -2.13. The molecule has 1 atom stereocenters. The van der Waals surface area contributed by atoms with Crippen molar-refractivity contribution in [3.8, 4) is 5.75 Å². The van der Waals surface area contributed by atoms with Gasteiger partial charge < -0.3 is 14.5 Å². The first kappa shape index (κ1) is 14.1. The van der Waals surface area contributed by atoms with Crippen LogP contribution in [-0.2, 0) is 0 Å². The van der Waals surface area contributed by atoms with Crippen LogP contribution in [0, 0.1) is 5.82 Å². The molecule has 21 heavy (non-hydrogen) atoms. The van der Waals surface area contributed by atoms with Gasteiger partial charge in [0.2, 0.25) is 0 Å². The number of methoxy groups -OCH3 is 1. The van der Waals surface area contributed by atoms with E-state index in [1.807, 2.05) is 24.4 Å². The van der Waals surface area contributed by atoms with Crippen molar-refractivity contribution in [3.63, 3.8) is 0 Å². The summed E-state index contributed by atoms with van der Waals surface area (Å²) >= 11 is 1.61. The van der Waals surface area contributed by atoms with Crippen molar-refractivity contribution in [1.82, 2.24) is 5.32 Å². The largest absolute Gasteiger partial charge is 0.496 e. The van der Waals surface area contributed by atoms with Crippen molar-refractivity contribution in [2.24, 2.45) is 0 Å². The Kier molecular flexibility index (Phi) is 3.94. The van der Waals surface area contributed by atoms with Crippen molar-refractivity contribution < 1.29 is 13.5 Å². The number of hydrogen-bond acceptors (Lipinski definition) is 4. The van der Waals surface area contributed by atoms with E-state index < -0.39 is 0 Å². The molecular formula is C16H16FNO2S. The number of furan rings is 1. The Morgan fingerprint density at radius 3 is 2.90 bits per heavy atom. The number of halogens is 1. The summed E-state index contributed by atoms with van der Waals surface area (Å²) in [6.45, 7) is 2.84. The third kappa shape index (κ3) is 2.80. The van der Waals surface area contributed by atoms with Crippen LogP contribution in [0.4, 0.5) is 4.39 Å². The summed E-state index contributed by atoms with van der Waals surface area (Å²) in [6, 6.07) is 8.38. The van der Waals surface area contributed by atoms with Gasteiger partial charge in [-0.05, 0) is 36.9 Å². The number of nitrogens with one attached hydrogen (secondary N) is 1. The molecule has 0 saturated carbocycles. The van der Waals surface area contributed by atoms with Crippen molar-refractivity contribution in [1.29, 1.82) is 0 Å². The molecule has 3 nitrogen and oxygen atoms in total. The molecule has 0 saturated heterocycles. The fraction of sp³-hybridized carbons (Fsp3) is 0.250. The highest BCUT2D eigenvalue weighted by Gasteiger charge is 2.20. The summed E-state index contributed by atoms with van der Waals surface area (Å²) in [7, 11) is 1.65. The molecule has 1 aromatic carbocycles. The van der Waals surface area contributed by atoms with E-state index in [-0.39, 0.29) is 11.9 Å². The van der Waals surface area contributed by atoms with Gasteiger partial charge in [-0.3, -0.25) is 0 Å². The Hall–Kier alpha value is -1.85. The predicted molar refractivity (Wildman–Crippen MR) is 82.6 cm³/mol. The summed E-state index contributed by atoms with van der Waals surface area (Å²) < 4.78 is 24.4. The van der Waals surface area contributed by atoms with Crippen LogP contribution in [-0.4, -0.2) is 13.7 Å². The molecule has 1 unspecified atom stereocenters. The molecule has 0 aliphatic heterocycles. The molecular weight excluding hydrogens is 289 g/mol. The molecule has 2 heterocycles. The van der Waals surface area contributed by atoms with Crippen molar-refractivity contribution in [2.75, 3.05) is 13.7 Å². The molecule has 0 aliphatic carbocycles. The van der Waals surface area contributed by atoms with Crippen molar-refractivity contribution in [3.05, 3.63) is 52.2 Å². The van der Waals surface area contributed by atoms with Crippen LogP contribution in [0.5, 0.6) is 5.75 Å². The molecule has 110 valence electrons. The number of hydrogen-bond donors (Lipinski definition) is 1. The van der Waals surface area contributed by atoms with Crippen LogP contribution in [0.25, 0.3) is 11.0 Å². The minimum atomic E-state index is -0.257. The first-order valence-electron chi connectivity index (χ1n) is 6.76. The van der Waals surface area contributed by atoms with E-state index in [1.165, 1.54) is 12.1 Å². The molecule has 0 bridgehead atoms. The van der Waals surface area contributed by atoms with Crippen LogP contribution >= 0.6 is 11.3 Å². The third-order valence-electron chi connectivity index (χ3n) is 3.31. The first-order chi connectivity index (χ1) is 10.2. The normalized spacial score (nSPS) is 12.7. The number of rotatable bonds is 5. The summed E-state index contributed by atoms with van der Waals surface area (Å²) in [5, 5.41) is 6.13. The lowest BCUT2D eigenvalue weighted by molar-refractivity contribution is 0.415. The van der Waals surface area contributed by atoms with Gasteiger partial charge in [0.15, 0.2) is 0 Å². The van der Waals surface area contributed by atoms with Gasteiger partial charge in [0.1, 0.15) is 29.0 Å². The average molecular weight is 305 g/mol. The minimum absolute atomic E-state index is 0.0561. The van der Waals surface area contributed by atoms with Gasteiger partial charge in [-0.1, -0.05) is 6.92 Å². The van der Waals surface area contributed by atoms with E-state index in [4.69, 9.17) is 9.15 Å². The SMILES string of the molecule is CCNC(c1cc2cc(F)ccc2o1)c1cc(OC)cs1. The van der Waals surface area contributed by atoms with Gasteiger partial charge in [-0.15, -0.1) is 11.3 Å². The molecule has 2 aromatic heterocycles. The second-order valence-electron chi connectivity index (χ2n) is 4.71. The number of benzene rings is 1. The summed E-state index contributed by atoms with van der Waals surface area (Å²) in [5.41, 5.74) is 0.692. The van der Waals surface area contributed by atoms with Gasteiger partial charge in [0.25, 0.3) is 0 Å². The van der Waals surface area contributed by atoms with Crippen molar-refractivity contribution in [2.45, 2.75) is 13.0 Å². The van der Waals surface area contributed by atoms with Crippen molar-refractivity contribution >= 4 is 22.3 Å². The summed E-state index contributed by atoms with van der Waals surface area (Å²) in [4.78, 5) is 1.10. The molecule has 0 amide bonds. The monoisotopic (exact) mass is 305 g/mol. The molecule has 0 radical (unpaired) electrons. The number of fused-ring (bicyclic) bond motifs is 1. The lowest BCUT2D eigenvalue weighted by Crippen LogP contribution is -2.20. The van der Waals surface area contributed by atoms with Gasteiger partial charge in [0, 0.05) is 15.6 Å². The minimum Gasteiger partial charge on any atom is -0.496 e. The maximum absolute atomic E-state index is 13.3. The van der Waals surface area contributed by atoms with E-state index >= 15 is 0 Å². The quantitative estimate of drug-likeness (QED) is 0.761. The highest BCUT2D eigenvalue weighted by Crippen LogP contribution is 2.33. The summed E-state index contributed by atoms with van der Waals surface area (Å²) in [6.07, 6.45) is 0. The molecule has 0 aliphatic rings. The second kappa shape index (κ2) is 5.87. The van der Waals surface area contributed by atoms with E-state index in [1.54, 1.807) is 24.5 Å². The van der Waals surface area contributed by atoms with Gasteiger partial charge in [-0.2, -0.15) is 0 Å². The zero-order chi connectivity index (χ0) is 14.8. The lowest BCUT2D eigenvalue weighted by atomic mass is 10.1. The van der Waals surface area contributed by atoms with E-state index in [0.29, 0.717) is 5.58 Å². The Morgan fingerprint density at radius 1 is 1.33 bits per heavy atom. The van der Waals surface area contributed by atoms with E-state index in [0.717, 1.165) is 28.3 Å². The Balaban J connectivity index is 2.01. The van der Waals surface area contributed by atoms with Crippen LogP contribution in [0.15, 0.2) is 40.1 Å². The maximum atomic E-state index is 13.3. The fourth-order valence-electron chi connectivity index (χ4n) is 2.32. The zero-order valence-electron chi connectivity index (χ0n) is 11.9. The van der Waals surface area contributed by atoms with Gasteiger partial charge in [-0.25, -0.2) is 4.39 Å². The van der Waals surface area contributed by atoms with Crippen LogP contribution < -0.4 is 10.1 Å². The second-order valence-corrected chi connectivity index (χ2v) is 5.65.